The van der Waals surface area contributed by atoms with Gasteiger partial charge in [0.05, 0.1) is 5.52 Å². The van der Waals surface area contributed by atoms with Crippen LogP contribution < -0.4 is 16.0 Å². The Kier molecular flexibility index (Phi) is 4.47. The van der Waals surface area contributed by atoms with E-state index in [2.05, 4.69) is 0 Å². The minimum Gasteiger partial charge on any atom is -0.307 e. The summed E-state index contributed by atoms with van der Waals surface area (Å²) in [5.41, 5.74) is 1.40. The summed E-state index contributed by atoms with van der Waals surface area (Å²) in [4.78, 5) is 4.95. The zero-order valence-corrected chi connectivity index (χ0v) is 17.1. The van der Waals surface area contributed by atoms with E-state index >= 15 is 0 Å². The molecule has 0 spiro atoms. The summed E-state index contributed by atoms with van der Waals surface area (Å²) in [7, 11) is -3.18. The van der Waals surface area contributed by atoms with Crippen LogP contribution in [0.25, 0.3) is 21.7 Å². The molecule has 1 aromatic heterocycles. The molecule has 0 amide bonds. The summed E-state index contributed by atoms with van der Waals surface area (Å²) in [6.45, 7) is 0. The summed E-state index contributed by atoms with van der Waals surface area (Å²) in [5.74, 6) is 0. The lowest BCUT2D eigenvalue weighted by Gasteiger charge is -2.21. The normalized spacial score (nSPS) is 11.8. The molecule has 0 aliphatic carbocycles. The summed E-state index contributed by atoms with van der Waals surface area (Å²) < 4.78 is 14.9. The molecule has 1 heterocycles. The monoisotopic (exact) mass is 413 g/mol. The Balaban J connectivity index is 1.95. The Morgan fingerprint density at radius 2 is 1.17 bits per heavy atom. The molecule has 4 heteroatoms. The van der Waals surface area contributed by atoms with Crippen molar-refractivity contribution in [2.45, 2.75) is 0 Å². The SMILES string of the molecule is O=P(c1ccccc1)(c1ccccc1)c1nc2ccc(Cl)cc2c2ccccc12. The van der Waals surface area contributed by atoms with Gasteiger partial charge < -0.3 is 4.57 Å². The lowest BCUT2D eigenvalue weighted by atomic mass is 10.1. The fourth-order valence-electron chi connectivity index (χ4n) is 3.82. The lowest BCUT2D eigenvalue weighted by molar-refractivity contribution is 0.592. The molecule has 0 unspecified atom stereocenters. The number of fused-ring (bicyclic) bond motifs is 3. The third-order valence-corrected chi connectivity index (χ3v) is 8.40. The van der Waals surface area contributed by atoms with Crippen LogP contribution in [0.15, 0.2) is 103 Å². The van der Waals surface area contributed by atoms with Gasteiger partial charge in [0.1, 0.15) is 5.44 Å². The van der Waals surface area contributed by atoms with Crippen LogP contribution in [-0.2, 0) is 4.57 Å². The summed E-state index contributed by atoms with van der Waals surface area (Å²) in [6, 6.07) is 32.9. The molecule has 0 aliphatic rings. The quantitative estimate of drug-likeness (QED) is 0.281. The molecule has 5 rings (SSSR count). The van der Waals surface area contributed by atoms with Crippen molar-refractivity contribution in [1.29, 1.82) is 0 Å². The number of benzene rings is 4. The van der Waals surface area contributed by atoms with Crippen molar-refractivity contribution in [2.75, 3.05) is 0 Å². The van der Waals surface area contributed by atoms with E-state index in [1.807, 2.05) is 103 Å². The number of nitrogens with zero attached hydrogens (tertiary/aromatic N) is 1. The van der Waals surface area contributed by atoms with Crippen molar-refractivity contribution in [2.24, 2.45) is 0 Å². The number of aromatic nitrogens is 1. The predicted molar refractivity (Wildman–Crippen MR) is 124 cm³/mol. The Labute approximate surface area is 174 Å². The largest absolute Gasteiger partial charge is 0.307 e. The van der Waals surface area contributed by atoms with E-state index in [-0.39, 0.29) is 0 Å². The molecular weight excluding hydrogens is 397 g/mol. The molecule has 0 N–H and O–H groups in total. The lowest BCUT2D eigenvalue weighted by Crippen LogP contribution is -2.27. The molecular formula is C25H17ClNOP. The van der Waals surface area contributed by atoms with Crippen LogP contribution in [-0.4, -0.2) is 4.98 Å². The standard InChI is InChI=1S/C25H17ClNOP/c26-18-15-16-24-23(17-18)21-13-7-8-14-22(21)25(27-24)29(28,19-9-3-1-4-10-19)20-11-5-2-6-12-20/h1-17H. The van der Waals surface area contributed by atoms with Crippen LogP contribution in [0.1, 0.15) is 0 Å². The Morgan fingerprint density at radius 1 is 0.621 bits per heavy atom. The van der Waals surface area contributed by atoms with E-state index in [0.29, 0.717) is 10.5 Å². The van der Waals surface area contributed by atoms with Gasteiger partial charge in [0.15, 0.2) is 7.14 Å². The van der Waals surface area contributed by atoms with Gasteiger partial charge in [0, 0.05) is 26.4 Å². The molecule has 5 aromatic rings. The van der Waals surface area contributed by atoms with Gasteiger partial charge in [0.2, 0.25) is 0 Å². The van der Waals surface area contributed by atoms with Gasteiger partial charge in [-0.2, -0.15) is 0 Å². The third-order valence-electron chi connectivity index (χ3n) is 5.18. The average molecular weight is 414 g/mol. The first-order valence-corrected chi connectivity index (χ1v) is 11.5. The van der Waals surface area contributed by atoms with Gasteiger partial charge in [-0.05, 0) is 23.6 Å². The van der Waals surface area contributed by atoms with Gasteiger partial charge in [-0.15, -0.1) is 0 Å². The van der Waals surface area contributed by atoms with Gasteiger partial charge in [-0.3, -0.25) is 0 Å². The number of hydrogen-bond acceptors (Lipinski definition) is 2. The number of hydrogen-bond donors (Lipinski definition) is 0. The molecule has 140 valence electrons. The fraction of sp³-hybridized carbons (Fsp3) is 0. The second-order valence-electron chi connectivity index (χ2n) is 6.92. The van der Waals surface area contributed by atoms with Crippen molar-refractivity contribution < 1.29 is 4.57 Å². The number of rotatable bonds is 3. The van der Waals surface area contributed by atoms with Gasteiger partial charge in [-0.1, -0.05) is 96.5 Å². The first kappa shape index (κ1) is 18.1. The Bertz CT molecular complexity index is 1340. The van der Waals surface area contributed by atoms with E-state index in [4.69, 9.17) is 16.6 Å². The fourth-order valence-corrected chi connectivity index (χ4v) is 6.74. The van der Waals surface area contributed by atoms with Crippen LogP contribution in [0.5, 0.6) is 0 Å². The van der Waals surface area contributed by atoms with E-state index < -0.39 is 7.14 Å². The van der Waals surface area contributed by atoms with Crippen molar-refractivity contribution in [3.05, 3.63) is 108 Å². The summed E-state index contributed by atoms with van der Waals surface area (Å²) in [5, 5.41) is 5.06. The highest BCUT2D eigenvalue weighted by atomic mass is 35.5. The highest BCUT2D eigenvalue weighted by molar-refractivity contribution is 7.85. The molecule has 0 atom stereocenters. The zero-order valence-electron chi connectivity index (χ0n) is 15.5. The average Bonchev–Trinajstić information content (AvgIpc) is 2.79. The topological polar surface area (TPSA) is 30.0 Å². The maximum atomic E-state index is 14.9. The minimum absolute atomic E-state index is 0.611. The predicted octanol–water partition coefficient (Wildman–Crippen LogP) is 5.68. The molecule has 0 saturated heterocycles. The van der Waals surface area contributed by atoms with E-state index in [1.165, 1.54) is 0 Å². The molecule has 0 bridgehead atoms. The van der Waals surface area contributed by atoms with Crippen LogP contribution in [0, 0.1) is 0 Å². The highest BCUT2D eigenvalue weighted by Gasteiger charge is 2.33. The zero-order chi connectivity index (χ0) is 19.8. The second kappa shape index (κ2) is 7.15. The number of pyridine rings is 1. The van der Waals surface area contributed by atoms with Gasteiger partial charge in [-0.25, -0.2) is 4.98 Å². The molecule has 0 radical (unpaired) electrons. The Morgan fingerprint density at radius 3 is 1.79 bits per heavy atom. The summed E-state index contributed by atoms with van der Waals surface area (Å²) >= 11 is 6.26. The molecule has 29 heavy (non-hydrogen) atoms. The highest BCUT2D eigenvalue weighted by Crippen LogP contribution is 2.44. The van der Waals surface area contributed by atoms with Crippen molar-refractivity contribution in [3.8, 4) is 0 Å². The van der Waals surface area contributed by atoms with E-state index in [9.17, 15) is 4.57 Å². The smallest absolute Gasteiger partial charge is 0.189 e. The van der Waals surface area contributed by atoms with Gasteiger partial charge in [0.25, 0.3) is 0 Å². The van der Waals surface area contributed by atoms with E-state index in [0.717, 1.165) is 32.3 Å². The Hall–Kier alpha value is -2.93. The molecule has 0 aliphatic heterocycles. The third kappa shape index (κ3) is 2.97. The van der Waals surface area contributed by atoms with Gasteiger partial charge >= 0.3 is 0 Å². The maximum Gasteiger partial charge on any atom is 0.189 e. The molecule has 4 aromatic carbocycles. The number of halogens is 1. The van der Waals surface area contributed by atoms with Crippen LogP contribution in [0.4, 0.5) is 0 Å². The molecule has 0 saturated carbocycles. The first-order valence-electron chi connectivity index (χ1n) is 9.38. The van der Waals surface area contributed by atoms with Crippen molar-refractivity contribution in [3.63, 3.8) is 0 Å². The first-order chi connectivity index (χ1) is 14.2. The second-order valence-corrected chi connectivity index (χ2v) is 10.0. The summed E-state index contributed by atoms with van der Waals surface area (Å²) in [6.07, 6.45) is 0. The minimum atomic E-state index is -3.18. The van der Waals surface area contributed by atoms with Crippen LogP contribution >= 0.6 is 18.7 Å². The maximum absolute atomic E-state index is 14.9. The van der Waals surface area contributed by atoms with E-state index in [1.54, 1.807) is 0 Å². The van der Waals surface area contributed by atoms with Crippen molar-refractivity contribution >= 4 is 56.5 Å². The molecule has 0 fully saturated rings. The van der Waals surface area contributed by atoms with Crippen molar-refractivity contribution in [1.82, 2.24) is 4.98 Å². The van der Waals surface area contributed by atoms with Crippen LogP contribution in [0.3, 0.4) is 0 Å². The van der Waals surface area contributed by atoms with Crippen LogP contribution in [0.2, 0.25) is 5.02 Å². The molecule has 2 nitrogen and oxygen atoms in total.